The van der Waals surface area contributed by atoms with Crippen molar-refractivity contribution in [2.24, 2.45) is 5.10 Å². The minimum Gasteiger partial charge on any atom is -0.277 e. The summed E-state index contributed by atoms with van der Waals surface area (Å²) in [7, 11) is 0. The zero-order valence-corrected chi connectivity index (χ0v) is 11.3. The van der Waals surface area contributed by atoms with Crippen molar-refractivity contribution in [3.63, 3.8) is 0 Å². The maximum absolute atomic E-state index is 8.73. The largest absolute Gasteiger partial charge is 0.277 e. The first-order chi connectivity index (χ1) is 9.19. The summed E-state index contributed by atoms with van der Waals surface area (Å²) >= 11 is 11.8. The highest BCUT2D eigenvalue weighted by molar-refractivity contribution is 6.33. The van der Waals surface area contributed by atoms with Crippen molar-refractivity contribution in [1.82, 2.24) is 0 Å². The molecule has 0 radical (unpaired) electrons. The van der Waals surface area contributed by atoms with Gasteiger partial charge in [-0.25, -0.2) is 0 Å². The molecule has 0 spiro atoms. The molecule has 5 heteroatoms. The van der Waals surface area contributed by atoms with E-state index in [1.165, 1.54) is 0 Å². The summed E-state index contributed by atoms with van der Waals surface area (Å²) < 4.78 is 0. The quantitative estimate of drug-likeness (QED) is 0.676. The normalized spacial score (nSPS) is 10.4. The van der Waals surface area contributed by atoms with Crippen LogP contribution in [0.1, 0.15) is 11.1 Å². The molecule has 0 amide bonds. The Morgan fingerprint density at radius 2 is 1.84 bits per heavy atom. The second kappa shape index (κ2) is 6.24. The molecule has 0 aliphatic rings. The van der Waals surface area contributed by atoms with E-state index < -0.39 is 0 Å². The molecular formula is C14H9Cl2N3. The molecule has 3 nitrogen and oxygen atoms in total. The third-order valence-corrected chi connectivity index (χ3v) is 2.93. The van der Waals surface area contributed by atoms with Gasteiger partial charge in [-0.05, 0) is 35.9 Å². The van der Waals surface area contributed by atoms with Crippen molar-refractivity contribution in [1.29, 1.82) is 5.26 Å². The molecule has 0 saturated carbocycles. The van der Waals surface area contributed by atoms with Gasteiger partial charge in [0.05, 0.1) is 28.6 Å². The maximum Gasteiger partial charge on any atom is 0.0992 e. The zero-order chi connectivity index (χ0) is 13.7. The highest BCUT2D eigenvalue weighted by Crippen LogP contribution is 2.22. The number of nitriles is 1. The van der Waals surface area contributed by atoms with Crippen LogP contribution in [0.25, 0.3) is 0 Å². The lowest BCUT2D eigenvalue weighted by molar-refractivity contribution is 1.34. The molecule has 0 heterocycles. The molecule has 0 aliphatic heterocycles. The third-order valence-electron chi connectivity index (χ3n) is 2.37. The second-order valence-electron chi connectivity index (χ2n) is 3.73. The lowest BCUT2D eigenvalue weighted by Gasteiger charge is -2.03. The second-order valence-corrected chi connectivity index (χ2v) is 4.57. The Hall–Kier alpha value is -2.02. The Bertz CT molecular complexity index is 643. The molecular weight excluding hydrogens is 281 g/mol. The minimum absolute atomic E-state index is 0.451. The van der Waals surface area contributed by atoms with Crippen molar-refractivity contribution in [2.45, 2.75) is 0 Å². The number of anilines is 1. The molecule has 0 aliphatic carbocycles. The van der Waals surface area contributed by atoms with Crippen LogP contribution in [0.4, 0.5) is 5.69 Å². The Kier molecular flexibility index (Phi) is 4.40. The number of nitrogens with zero attached hydrogens (tertiary/aromatic N) is 2. The van der Waals surface area contributed by atoms with E-state index in [0.29, 0.717) is 21.3 Å². The van der Waals surface area contributed by atoms with E-state index in [1.54, 1.807) is 36.5 Å². The van der Waals surface area contributed by atoms with Gasteiger partial charge in [0.2, 0.25) is 0 Å². The molecule has 0 atom stereocenters. The molecule has 2 rings (SSSR count). The summed E-state index contributed by atoms with van der Waals surface area (Å²) in [5.74, 6) is 0. The average molecular weight is 290 g/mol. The number of halogens is 2. The highest BCUT2D eigenvalue weighted by Gasteiger charge is 1.99. The SMILES string of the molecule is N#Cc1ccc(NN=Cc2ccc(Cl)cc2)c(Cl)c1. The Morgan fingerprint density at radius 3 is 2.47 bits per heavy atom. The van der Waals surface area contributed by atoms with E-state index in [4.69, 9.17) is 28.5 Å². The van der Waals surface area contributed by atoms with E-state index >= 15 is 0 Å². The standard InChI is InChI=1S/C14H9Cl2N3/c15-12-4-1-10(2-5-12)9-18-19-14-6-3-11(8-17)7-13(14)16/h1-7,9,19H. The van der Waals surface area contributed by atoms with Crippen LogP contribution in [-0.2, 0) is 0 Å². The van der Waals surface area contributed by atoms with Crippen molar-refractivity contribution < 1.29 is 0 Å². The summed E-state index contributed by atoms with van der Waals surface area (Å²) in [4.78, 5) is 0. The molecule has 2 aromatic carbocycles. The summed E-state index contributed by atoms with van der Waals surface area (Å²) in [6, 6.07) is 14.3. The zero-order valence-electron chi connectivity index (χ0n) is 9.77. The first-order valence-electron chi connectivity index (χ1n) is 5.43. The van der Waals surface area contributed by atoms with Crippen LogP contribution in [0.15, 0.2) is 47.6 Å². The van der Waals surface area contributed by atoms with Crippen LogP contribution in [-0.4, -0.2) is 6.21 Å². The number of hydrogen-bond acceptors (Lipinski definition) is 3. The van der Waals surface area contributed by atoms with Gasteiger partial charge in [0, 0.05) is 5.02 Å². The van der Waals surface area contributed by atoms with E-state index in [9.17, 15) is 0 Å². The fraction of sp³-hybridized carbons (Fsp3) is 0. The first kappa shape index (κ1) is 13.4. The number of benzene rings is 2. The fourth-order valence-corrected chi connectivity index (χ4v) is 1.75. The van der Waals surface area contributed by atoms with Crippen LogP contribution in [0.5, 0.6) is 0 Å². The molecule has 0 saturated heterocycles. The fourth-order valence-electron chi connectivity index (χ4n) is 1.40. The number of hydrogen-bond donors (Lipinski definition) is 1. The van der Waals surface area contributed by atoms with Gasteiger partial charge in [-0.2, -0.15) is 10.4 Å². The van der Waals surface area contributed by atoms with E-state index in [0.717, 1.165) is 5.56 Å². The summed E-state index contributed by atoms with van der Waals surface area (Å²) in [6.45, 7) is 0. The summed E-state index contributed by atoms with van der Waals surface area (Å²) in [5, 5.41) is 13.9. The third kappa shape index (κ3) is 3.72. The van der Waals surface area contributed by atoms with Crippen molar-refractivity contribution >= 4 is 35.1 Å². The van der Waals surface area contributed by atoms with Crippen LogP contribution in [0.3, 0.4) is 0 Å². The smallest absolute Gasteiger partial charge is 0.0992 e. The Labute approximate surface area is 121 Å². The number of rotatable bonds is 3. The van der Waals surface area contributed by atoms with Gasteiger partial charge in [-0.1, -0.05) is 35.3 Å². The van der Waals surface area contributed by atoms with Crippen molar-refractivity contribution in [3.05, 3.63) is 63.6 Å². The molecule has 2 aromatic rings. The first-order valence-corrected chi connectivity index (χ1v) is 6.19. The van der Waals surface area contributed by atoms with Gasteiger partial charge >= 0.3 is 0 Å². The molecule has 0 aromatic heterocycles. The van der Waals surface area contributed by atoms with Crippen molar-refractivity contribution in [2.75, 3.05) is 5.43 Å². The minimum atomic E-state index is 0.451. The van der Waals surface area contributed by atoms with Gasteiger partial charge in [0.1, 0.15) is 0 Å². The number of hydrazone groups is 1. The molecule has 1 N–H and O–H groups in total. The van der Waals surface area contributed by atoms with Gasteiger partial charge in [-0.3, -0.25) is 5.43 Å². The number of nitrogens with one attached hydrogen (secondary N) is 1. The molecule has 94 valence electrons. The lowest BCUT2D eigenvalue weighted by atomic mass is 10.2. The van der Waals surface area contributed by atoms with E-state index in [1.807, 2.05) is 18.2 Å². The molecule has 19 heavy (non-hydrogen) atoms. The van der Waals surface area contributed by atoms with E-state index in [-0.39, 0.29) is 0 Å². The summed E-state index contributed by atoms with van der Waals surface area (Å²) in [5.41, 5.74) is 4.90. The van der Waals surface area contributed by atoms with Gasteiger partial charge in [-0.15, -0.1) is 0 Å². The van der Waals surface area contributed by atoms with Crippen LogP contribution in [0, 0.1) is 11.3 Å². The Morgan fingerprint density at radius 1 is 1.11 bits per heavy atom. The van der Waals surface area contributed by atoms with Gasteiger partial charge < -0.3 is 0 Å². The van der Waals surface area contributed by atoms with Crippen molar-refractivity contribution in [3.8, 4) is 6.07 Å². The highest BCUT2D eigenvalue weighted by atomic mass is 35.5. The topological polar surface area (TPSA) is 48.2 Å². The maximum atomic E-state index is 8.73. The van der Waals surface area contributed by atoms with Crippen LogP contribution < -0.4 is 5.43 Å². The van der Waals surface area contributed by atoms with E-state index in [2.05, 4.69) is 10.5 Å². The molecule has 0 fully saturated rings. The molecule has 0 bridgehead atoms. The predicted octanol–water partition coefficient (Wildman–Crippen LogP) is 4.31. The Balaban J connectivity index is 2.06. The van der Waals surface area contributed by atoms with Crippen LogP contribution in [0.2, 0.25) is 10.0 Å². The molecule has 0 unspecified atom stereocenters. The lowest BCUT2D eigenvalue weighted by Crippen LogP contribution is -1.91. The van der Waals surface area contributed by atoms with Crippen LogP contribution >= 0.6 is 23.2 Å². The summed E-state index contributed by atoms with van der Waals surface area (Å²) in [6.07, 6.45) is 1.66. The van der Waals surface area contributed by atoms with Gasteiger partial charge in [0.15, 0.2) is 0 Å². The monoisotopic (exact) mass is 289 g/mol. The van der Waals surface area contributed by atoms with Gasteiger partial charge in [0.25, 0.3) is 0 Å². The predicted molar refractivity (Wildman–Crippen MR) is 78.8 cm³/mol. The average Bonchev–Trinajstić information content (AvgIpc) is 2.42.